The number of piperidine rings is 1. The molecule has 11 heteroatoms. The molecule has 0 unspecified atom stereocenters. The molecule has 3 aromatic heterocycles. The standard InChI is InChI=1S/C22H22F3N7O/c1-13-11-14(2)32-21(26-13)28-18(29-32)19(33)30-9-7-15(8-10-30)12-31-17-6-4-3-5-16(17)27-20(31)22(23,24)25/h3-6,11,15H,7-10,12H2,1-2H3. The van der Waals surface area contributed by atoms with E-state index in [1.807, 2.05) is 19.9 Å². The molecule has 172 valence electrons. The molecule has 0 aliphatic carbocycles. The van der Waals surface area contributed by atoms with Gasteiger partial charge in [0, 0.05) is 31.0 Å². The molecule has 0 spiro atoms. The third-order valence-electron chi connectivity index (χ3n) is 6.06. The van der Waals surface area contributed by atoms with E-state index >= 15 is 0 Å². The van der Waals surface area contributed by atoms with Crippen LogP contribution in [0.15, 0.2) is 30.3 Å². The molecule has 0 saturated carbocycles. The van der Waals surface area contributed by atoms with Gasteiger partial charge in [0.05, 0.1) is 11.0 Å². The van der Waals surface area contributed by atoms with E-state index in [0.29, 0.717) is 42.7 Å². The minimum atomic E-state index is -4.53. The van der Waals surface area contributed by atoms with Crippen LogP contribution in [0.2, 0.25) is 0 Å². The Labute approximate surface area is 187 Å². The number of rotatable bonds is 3. The number of aromatic nitrogens is 6. The highest BCUT2D eigenvalue weighted by Crippen LogP contribution is 2.33. The van der Waals surface area contributed by atoms with E-state index in [-0.39, 0.29) is 24.2 Å². The van der Waals surface area contributed by atoms with Crippen molar-refractivity contribution in [2.75, 3.05) is 13.1 Å². The number of fused-ring (bicyclic) bond motifs is 2. The molecular weight excluding hydrogens is 435 g/mol. The molecule has 1 saturated heterocycles. The van der Waals surface area contributed by atoms with Crippen LogP contribution in [-0.2, 0) is 12.7 Å². The minimum absolute atomic E-state index is 0.00616. The van der Waals surface area contributed by atoms with Crippen LogP contribution in [0, 0.1) is 19.8 Å². The highest BCUT2D eigenvalue weighted by molar-refractivity contribution is 5.91. The summed E-state index contributed by atoms with van der Waals surface area (Å²) in [6, 6.07) is 8.49. The third kappa shape index (κ3) is 3.91. The average molecular weight is 457 g/mol. The summed E-state index contributed by atoms with van der Waals surface area (Å²) in [6.45, 7) is 4.77. The number of alkyl halides is 3. The van der Waals surface area contributed by atoms with E-state index in [0.717, 1.165) is 11.4 Å². The number of hydrogen-bond donors (Lipinski definition) is 0. The molecule has 1 aliphatic rings. The van der Waals surface area contributed by atoms with Crippen LogP contribution in [-0.4, -0.2) is 53.0 Å². The Bertz CT molecular complexity index is 1350. The maximum Gasteiger partial charge on any atom is 0.449 e. The summed E-state index contributed by atoms with van der Waals surface area (Å²) in [7, 11) is 0. The fourth-order valence-electron chi connectivity index (χ4n) is 4.45. The molecule has 1 fully saturated rings. The van der Waals surface area contributed by atoms with Crippen molar-refractivity contribution in [3.05, 3.63) is 53.4 Å². The number of halogens is 3. The Morgan fingerprint density at radius 2 is 1.82 bits per heavy atom. The normalized spacial score (nSPS) is 15.6. The average Bonchev–Trinajstić information content (AvgIpc) is 3.36. The van der Waals surface area contributed by atoms with Crippen LogP contribution < -0.4 is 0 Å². The summed E-state index contributed by atoms with van der Waals surface area (Å²) in [5.41, 5.74) is 2.41. The Morgan fingerprint density at radius 3 is 2.55 bits per heavy atom. The SMILES string of the molecule is Cc1cc(C)n2nc(C(=O)N3CCC(Cn4c(C(F)(F)F)nc5ccccc54)CC3)nc2n1. The molecule has 0 N–H and O–H groups in total. The largest absolute Gasteiger partial charge is 0.449 e. The molecule has 33 heavy (non-hydrogen) atoms. The molecule has 1 aromatic carbocycles. The van der Waals surface area contributed by atoms with Gasteiger partial charge in [0.15, 0.2) is 0 Å². The van der Waals surface area contributed by atoms with Crippen LogP contribution in [0.3, 0.4) is 0 Å². The highest BCUT2D eigenvalue weighted by Gasteiger charge is 2.38. The van der Waals surface area contributed by atoms with Crippen molar-refractivity contribution in [3.63, 3.8) is 0 Å². The smallest absolute Gasteiger partial charge is 0.336 e. The number of para-hydroxylation sites is 2. The lowest BCUT2D eigenvalue weighted by Crippen LogP contribution is -2.40. The molecule has 1 amide bonds. The molecule has 4 heterocycles. The van der Waals surface area contributed by atoms with Crippen molar-refractivity contribution in [2.24, 2.45) is 5.92 Å². The Balaban J connectivity index is 1.31. The van der Waals surface area contributed by atoms with Crippen molar-refractivity contribution in [2.45, 2.75) is 39.4 Å². The van der Waals surface area contributed by atoms with Crippen molar-refractivity contribution >= 4 is 22.7 Å². The number of hydrogen-bond acceptors (Lipinski definition) is 5. The number of carbonyl (C=O) groups excluding carboxylic acids is 1. The number of imidazole rings is 1. The number of likely N-dealkylation sites (tertiary alicyclic amines) is 1. The summed E-state index contributed by atoms with van der Waals surface area (Å²) >= 11 is 0. The van der Waals surface area contributed by atoms with Gasteiger partial charge in [0.2, 0.25) is 11.6 Å². The summed E-state index contributed by atoms with van der Waals surface area (Å²) in [4.78, 5) is 27.0. The lowest BCUT2D eigenvalue weighted by Gasteiger charge is -2.31. The van der Waals surface area contributed by atoms with Gasteiger partial charge in [-0.05, 0) is 50.8 Å². The van der Waals surface area contributed by atoms with Crippen LogP contribution in [0.5, 0.6) is 0 Å². The maximum absolute atomic E-state index is 13.6. The van der Waals surface area contributed by atoms with Crippen molar-refractivity contribution in [1.82, 2.24) is 34.0 Å². The lowest BCUT2D eigenvalue weighted by atomic mass is 9.96. The zero-order valence-electron chi connectivity index (χ0n) is 18.2. The lowest BCUT2D eigenvalue weighted by molar-refractivity contribution is -0.147. The van der Waals surface area contributed by atoms with Gasteiger partial charge in [-0.2, -0.15) is 18.2 Å². The zero-order valence-corrected chi connectivity index (χ0v) is 18.2. The second-order valence-corrected chi connectivity index (χ2v) is 8.45. The van der Waals surface area contributed by atoms with E-state index in [1.165, 1.54) is 9.08 Å². The Kier molecular flexibility index (Phi) is 5.06. The molecular formula is C22H22F3N7O. The molecule has 0 bridgehead atoms. The second-order valence-electron chi connectivity index (χ2n) is 8.45. The monoisotopic (exact) mass is 457 g/mol. The second kappa shape index (κ2) is 7.82. The van der Waals surface area contributed by atoms with Gasteiger partial charge in [-0.25, -0.2) is 14.5 Å². The summed E-state index contributed by atoms with van der Waals surface area (Å²) < 4.78 is 43.5. The van der Waals surface area contributed by atoms with E-state index in [1.54, 1.807) is 29.2 Å². The zero-order chi connectivity index (χ0) is 23.3. The Hall–Kier alpha value is -3.50. The van der Waals surface area contributed by atoms with Crippen LogP contribution in [0.1, 0.15) is 40.7 Å². The van der Waals surface area contributed by atoms with Gasteiger partial charge < -0.3 is 9.47 Å². The van der Waals surface area contributed by atoms with Gasteiger partial charge in [0.1, 0.15) is 0 Å². The van der Waals surface area contributed by atoms with E-state index in [2.05, 4.69) is 20.1 Å². The van der Waals surface area contributed by atoms with Gasteiger partial charge in [0.25, 0.3) is 11.7 Å². The van der Waals surface area contributed by atoms with Gasteiger partial charge in [-0.1, -0.05) is 12.1 Å². The molecule has 8 nitrogen and oxygen atoms in total. The summed E-state index contributed by atoms with van der Waals surface area (Å²) in [6.07, 6.45) is -3.37. The molecule has 0 atom stereocenters. The molecule has 0 radical (unpaired) electrons. The van der Waals surface area contributed by atoms with Crippen LogP contribution in [0.25, 0.3) is 16.8 Å². The van der Waals surface area contributed by atoms with Crippen molar-refractivity contribution in [1.29, 1.82) is 0 Å². The number of aryl methyl sites for hydroxylation is 2. The predicted octanol–water partition coefficient (Wildman–Crippen LogP) is 3.66. The maximum atomic E-state index is 13.6. The fourth-order valence-corrected chi connectivity index (χ4v) is 4.45. The van der Waals surface area contributed by atoms with E-state index in [9.17, 15) is 18.0 Å². The first-order valence-corrected chi connectivity index (χ1v) is 10.7. The number of carbonyl (C=O) groups is 1. The number of benzene rings is 1. The predicted molar refractivity (Wildman–Crippen MR) is 114 cm³/mol. The first-order chi connectivity index (χ1) is 15.7. The topological polar surface area (TPSA) is 81.2 Å². The minimum Gasteiger partial charge on any atom is -0.336 e. The quantitative estimate of drug-likeness (QED) is 0.469. The molecule has 4 aromatic rings. The first-order valence-electron chi connectivity index (χ1n) is 10.7. The summed E-state index contributed by atoms with van der Waals surface area (Å²) in [5, 5.41) is 4.30. The molecule has 1 aliphatic heterocycles. The first kappa shape index (κ1) is 21.4. The van der Waals surface area contributed by atoms with Gasteiger partial charge in [-0.15, -0.1) is 5.10 Å². The summed E-state index contributed by atoms with van der Waals surface area (Å²) in [5.74, 6) is -0.727. The molecule has 5 rings (SSSR count). The van der Waals surface area contributed by atoms with Gasteiger partial charge >= 0.3 is 6.18 Å². The number of nitrogens with zero attached hydrogens (tertiary/aromatic N) is 7. The van der Waals surface area contributed by atoms with Gasteiger partial charge in [-0.3, -0.25) is 4.79 Å². The third-order valence-corrected chi connectivity index (χ3v) is 6.06. The number of amides is 1. The Morgan fingerprint density at radius 1 is 1.09 bits per heavy atom. The van der Waals surface area contributed by atoms with Crippen molar-refractivity contribution < 1.29 is 18.0 Å². The highest BCUT2D eigenvalue weighted by atomic mass is 19.4. The van der Waals surface area contributed by atoms with E-state index in [4.69, 9.17) is 0 Å². The van der Waals surface area contributed by atoms with Crippen molar-refractivity contribution in [3.8, 4) is 0 Å². The fraction of sp³-hybridized carbons (Fsp3) is 0.409. The van der Waals surface area contributed by atoms with E-state index < -0.39 is 12.0 Å². The van der Waals surface area contributed by atoms with Crippen LogP contribution in [0.4, 0.5) is 13.2 Å². The van der Waals surface area contributed by atoms with Crippen LogP contribution >= 0.6 is 0 Å².